The Balaban J connectivity index is 0.00000288. The molecule has 24 heavy (non-hydrogen) atoms. The lowest BCUT2D eigenvalue weighted by atomic mass is 10.1. The van der Waals surface area contributed by atoms with Crippen molar-refractivity contribution in [3.63, 3.8) is 0 Å². The van der Waals surface area contributed by atoms with Crippen LogP contribution in [-0.4, -0.2) is 60.5 Å². The lowest BCUT2D eigenvalue weighted by Crippen LogP contribution is -2.45. The van der Waals surface area contributed by atoms with Crippen molar-refractivity contribution in [1.82, 2.24) is 15.5 Å². The molecule has 1 amide bonds. The summed E-state index contributed by atoms with van der Waals surface area (Å²) < 4.78 is 0. The molecule has 1 saturated heterocycles. The topological polar surface area (TPSA) is 56.7 Å². The number of carbonyl (C=O) groups is 1. The van der Waals surface area contributed by atoms with Crippen LogP contribution in [0.5, 0.6) is 0 Å². The second-order valence-electron chi connectivity index (χ2n) is 6.66. The van der Waals surface area contributed by atoms with Crippen molar-refractivity contribution in [2.75, 3.05) is 32.4 Å². The van der Waals surface area contributed by atoms with Crippen LogP contribution in [0.15, 0.2) is 4.99 Å². The van der Waals surface area contributed by atoms with E-state index >= 15 is 0 Å². The zero-order valence-corrected chi connectivity index (χ0v) is 18.4. The molecule has 5 nitrogen and oxygen atoms in total. The van der Waals surface area contributed by atoms with Gasteiger partial charge in [-0.15, -0.1) is 24.0 Å². The predicted octanol–water partition coefficient (Wildman–Crippen LogP) is 2.70. The number of guanidine groups is 1. The van der Waals surface area contributed by atoms with Crippen molar-refractivity contribution >= 4 is 47.6 Å². The number of thioether (sulfide) groups is 1. The van der Waals surface area contributed by atoms with Crippen LogP contribution in [0.2, 0.25) is 0 Å². The summed E-state index contributed by atoms with van der Waals surface area (Å²) >= 11 is 1.83. The number of nitrogens with one attached hydrogen (secondary N) is 2. The van der Waals surface area contributed by atoms with Gasteiger partial charge in [-0.05, 0) is 32.4 Å². The first-order chi connectivity index (χ1) is 11.1. The van der Waals surface area contributed by atoms with Crippen molar-refractivity contribution in [3.05, 3.63) is 0 Å². The van der Waals surface area contributed by atoms with E-state index in [9.17, 15) is 4.79 Å². The largest absolute Gasteiger partial charge is 0.357 e. The van der Waals surface area contributed by atoms with Crippen molar-refractivity contribution in [2.45, 2.75) is 57.2 Å². The zero-order chi connectivity index (χ0) is 16.7. The van der Waals surface area contributed by atoms with Gasteiger partial charge in [-0.1, -0.05) is 19.8 Å². The summed E-state index contributed by atoms with van der Waals surface area (Å²) in [7, 11) is 0. The van der Waals surface area contributed by atoms with Gasteiger partial charge in [0.05, 0.1) is 6.54 Å². The highest BCUT2D eigenvalue weighted by atomic mass is 127. The second kappa shape index (κ2) is 11.4. The van der Waals surface area contributed by atoms with Crippen LogP contribution in [-0.2, 0) is 4.79 Å². The number of hydrogen-bond acceptors (Lipinski definition) is 3. The maximum Gasteiger partial charge on any atom is 0.225 e. The lowest BCUT2D eigenvalue weighted by molar-refractivity contribution is -0.134. The van der Waals surface area contributed by atoms with Gasteiger partial charge in [-0.3, -0.25) is 9.79 Å². The number of aliphatic imine (C=N–C) groups is 1. The number of rotatable bonds is 6. The average molecular weight is 468 g/mol. The molecule has 1 heterocycles. The Labute approximate surface area is 168 Å². The van der Waals surface area contributed by atoms with E-state index in [0.29, 0.717) is 17.2 Å². The van der Waals surface area contributed by atoms with E-state index in [1.54, 1.807) is 0 Å². The van der Waals surface area contributed by atoms with E-state index < -0.39 is 0 Å². The summed E-state index contributed by atoms with van der Waals surface area (Å²) in [5, 5.41) is 7.34. The van der Waals surface area contributed by atoms with E-state index in [4.69, 9.17) is 0 Å². The summed E-state index contributed by atoms with van der Waals surface area (Å²) in [6.07, 6.45) is 7.74. The highest BCUT2D eigenvalue weighted by molar-refractivity contribution is 14.0. The Morgan fingerprint density at radius 3 is 2.67 bits per heavy atom. The van der Waals surface area contributed by atoms with Crippen molar-refractivity contribution in [2.24, 2.45) is 10.9 Å². The minimum atomic E-state index is 0. The predicted molar refractivity (Wildman–Crippen MR) is 114 cm³/mol. The minimum Gasteiger partial charge on any atom is -0.357 e. The Hall–Kier alpha value is -0.180. The molecule has 2 N–H and O–H groups in total. The molecule has 2 rings (SSSR count). The third-order valence-corrected chi connectivity index (χ3v) is 5.75. The third-order valence-electron chi connectivity index (χ3n) is 4.80. The van der Waals surface area contributed by atoms with Crippen LogP contribution < -0.4 is 10.6 Å². The summed E-state index contributed by atoms with van der Waals surface area (Å²) in [4.78, 5) is 19.2. The van der Waals surface area contributed by atoms with Gasteiger partial charge in [-0.25, -0.2) is 0 Å². The van der Waals surface area contributed by atoms with Crippen molar-refractivity contribution in [3.8, 4) is 0 Å². The van der Waals surface area contributed by atoms with Gasteiger partial charge >= 0.3 is 0 Å². The maximum atomic E-state index is 12.5. The molecule has 2 unspecified atom stereocenters. The summed E-state index contributed by atoms with van der Waals surface area (Å²) in [6, 6.07) is 0.322. The molecule has 2 fully saturated rings. The minimum absolute atomic E-state index is 0. The summed E-state index contributed by atoms with van der Waals surface area (Å²) in [6.45, 7) is 7.64. The summed E-state index contributed by atoms with van der Waals surface area (Å²) in [5.41, 5.74) is 0. The molecule has 0 bridgehead atoms. The molecule has 7 heteroatoms. The van der Waals surface area contributed by atoms with Crippen LogP contribution in [0.4, 0.5) is 0 Å². The van der Waals surface area contributed by atoms with Gasteiger partial charge in [0, 0.05) is 36.8 Å². The molecule has 0 aromatic rings. The fourth-order valence-corrected chi connectivity index (χ4v) is 3.54. The van der Waals surface area contributed by atoms with E-state index in [-0.39, 0.29) is 29.9 Å². The van der Waals surface area contributed by atoms with E-state index in [1.807, 2.05) is 11.8 Å². The first-order valence-electron chi connectivity index (χ1n) is 9.00. The average Bonchev–Trinajstić information content (AvgIpc) is 3.23. The summed E-state index contributed by atoms with van der Waals surface area (Å²) in [5.74, 6) is 1.55. The quantitative estimate of drug-likeness (QED) is 0.358. The number of carbonyl (C=O) groups excluding carboxylic acids is 1. The SMILES string of the molecule is CCNC(=NCC(C)SC)NC1CCN(C(=O)C2CCCC2)C1.I. The Morgan fingerprint density at radius 1 is 1.33 bits per heavy atom. The monoisotopic (exact) mass is 468 g/mol. The van der Waals surface area contributed by atoms with Crippen LogP contribution >= 0.6 is 35.7 Å². The fourth-order valence-electron chi connectivity index (χ4n) is 3.32. The molecule has 0 spiro atoms. The van der Waals surface area contributed by atoms with Gasteiger partial charge in [0.2, 0.25) is 5.91 Å². The van der Waals surface area contributed by atoms with Gasteiger partial charge in [0.15, 0.2) is 5.96 Å². The highest BCUT2D eigenvalue weighted by Crippen LogP contribution is 2.27. The number of halogens is 1. The maximum absolute atomic E-state index is 12.5. The lowest BCUT2D eigenvalue weighted by Gasteiger charge is -2.21. The Kier molecular flexibility index (Phi) is 10.4. The number of hydrogen-bond donors (Lipinski definition) is 2. The molecular weight excluding hydrogens is 435 g/mol. The van der Waals surface area contributed by atoms with Crippen LogP contribution in [0.3, 0.4) is 0 Å². The van der Waals surface area contributed by atoms with Gasteiger partial charge in [-0.2, -0.15) is 11.8 Å². The molecule has 0 aromatic carbocycles. The molecule has 140 valence electrons. The number of nitrogens with zero attached hydrogens (tertiary/aromatic N) is 2. The van der Waals surface area contributed by atoms with Crippen LogP contribution in [0.1, 0.15) is 46.0 Å². The molecule has 1 aliphatic heterocycles. The van der Waals surface area contributed by atoms with Gasteiger partial charge in [0.25, 0.3) is 0 Å². The van der Waals surface area contributed by atoms with Crippen molar-refractivity contribution in [1.29, 1.82) is 0 Å². The molecule has 1 aliphatic carbocycles. The molecular formula is C17H33IN4OS. The molecule has 1 saturated carbocycles. The molecule has 0 aromatic heterocycles. The second-order valence-corrected chi connectivity index (χ2v) is 7.94. The Bertz CT molecular complexity index is 415. The Morgan fingerprint density at radius 2 is 2.04 bits per heavy atom. The molecule has 0 radical (unpaired) electrons. The molecule has 2 aliphatic rings. The number of likely N-dealkylation sites (tertiary alicyclic amines) is 1. The normalized spacial score (nSPS) is 23.0. The van der Waals surface area contributed by atoms with Gasteiger partial charge < -0.3 is 15.5 Å². The third kappa shape index (κ3) is 6.61. The smallest absolute Gasteiger partial charge is 0.225 e. The first kappa shape index (κ1) is 21.9. The molecule has 2 atom stereocenters. The first-order valence-corrected chi connectivity index (χ1v) is 10.3. The zero-order valence-electron chi connectivity index (χ0n) is 15.2. The van der Waals surface area contributed by atoms with E-state index in [1.165, 1.54) is 12.8 Å². The van der Waals surface area contributed by atoms with E-state index in [2.05, 4.69) is 40.6 Å². The van der Waals surface area contributed by atoms with E-state index in [0.717, 1.165) is 51.4 Å². The fraction of sp³-hybridized carbons (Fsp3) is 0.882. The standard InChI is InChI=1S/C17H32N4OS.HI/c1-4-18-17(19-11-13(2)23-3)20-15-9-10-21(12-15)16(22)14-7-5-6-8-14;/h13-15H,4-12H2,1-3H3,(H2,18,19,20);1H. The van der Waals surface area contributed by atoms with Gasteiger partial charge in [0.1, 0.15) is 0 Å². The van der Waals surface area contributed by atoms with Crippen LogP contribution in [0, 0.1) is 5.92 Å². The van der Waals surface area contributed by atoms with Crippen LogP contribution in [0.25, 0.3) is 0 Å². The number of amides is 1. The highest BCUT2D eigenvalue weighted by Gasteiger charge is 2.32. The van der Waals surface area contributed by atoms with Crippen molar-refractivity contribution < 1.29 is 4.79 Å².